The summed E-state index contributed by atoms with van der Waals surface area (Å²) in [5, 5.41) is 3.35. The average molecular weight is 301 g/mol. The van der Waals surface area contributed by atoms with E-state index in [1.807, 2.05) is 26.3 Å². The summed E-state index contributed by atoms with van der Waals surface area (Å²) in [5.74, 6) is 1.82. The maximum absolute atomic E-state index is 4.35. The van der Waals surface area contributed by atoms with E-state index in [0.29, 0.717) is 0 Å². The average Bonchev–Trinajstić information content (AvgIpc) is 3.09. The molecule has 0 saturated heterocycles. The molecule has 2 aromatic heterocycles. The van der Waals surface area contributed by atoms with Crippen LogP contribution in [0.4, 0.5) is 0 Å². The minimum absolute atomic E-state index is 0.759. The van der Waals surface area contributed by atoms with Gasteiger partial charge in [-0.2, -0.15) is 0 Å². The highest BCUT2D eigenvalue weighted by atomic mass is 14.9. The minimum atomic E-state index is 0.759. The maximum Gasteiger partial charge on any atom is 0.103 e. The lowest BCUT2D eigenvalue weighted by molar-refractivity contribution is 0.661. The Morgan fingerprint density at radius 3 is 2.09 bits per heavy atom. The molecule has 22 heavy (non-hydrogen) atoms. The van der Waals surface area contributed by atoms with Crippen LogP contribution in [0.1, 0.15) is 29.5 Å². The van der Waals surface area contributed by atoms with Crippen molar-refractivity contribution in [1.29, 1.82) is 0 Å². The Labute approximate surface area is 130 Å². The number of hydrogen-bond donors (Lipinski definition) is 3. The fourth-order valence-electron chi connectivity index (χ4n) is 1.90. The van der Waals surface area contributed by atoms with Gasteiger partial charge in [-0.15, -0.1) is 0 Å². The number of rotatable bonds is 9. The van der Waals surface area contributed by atoms with Gasteiger partial charge in [-0.25, -0.2) is 9.97 Å². The second-order valence-electron chi connectivity index (χ2n) is 5.02. The Kier molecular flexibility index (Phi) is 6.50. The Balaban J connectivity index is 1.47. The van der Waals surface area contributed by atoms with Gasteiger partial charge in [0, 0.05) is 25.5 Å². The highest BCUT2D eigenvalue weighted by Crippen LogP contribution is 1.92. The van der Waals surface area contributed by atoms with E-state index in [-0.39, 0.29) is 0 Å². The molecule has 0 bridgehead atoms. The molecule has 0 spiro atoms. The zero-order valence-electron chi connectivity index (χ0n) is 13.1. The summed E-state index contributed by atoms with van der Waals surface area (Å²) in [7, 11) is 0. The quantitative estimate of drug-likeness (QED) is 0.481. The standard InChI is InChI=1S/C15H23N7/c1-12-19-10-14(21-12)8-17-5-3-4-16-6-7-18-9-15-11-20-13(2)22-15/h8-11,16H,3-7H2,1-2H3,(H,19,21)(H,20,22). The number of aromatic nitrogens is 4. The molecule has 0 radical (unpaired) electrons. The lowest BCUT2D eigenvalue weighted by atomic mass is 10.4. The molecule has 7 heteroatoms. The van der Waals surface area contributed by atoms with Crippen LogP contribution < -0.4 is 5.32 Å². The first-order valence-electron chi connectivity index (χ1n) is 7.47. The van der Waals surface area contributed by atoms with Crippen molar-refractivity contribution < 1.29 is 0 Å². The van der Waals surface area contributed by atoms with Crippen LogP contribution in [0.3, 0.4) is 0 Å². The normalized spacial score (nSPS) is 11.9. The van der Waals surface area contributed by atoms with Gasteiger partial charge in [0.25, 0.3) is 0 Å². The molecule has 0 fully saturated rings. The zero-order valence-corrected chi connectivity index (χ0v) is 13.1. The van der Waals surface area contributed by atoms with E-state index in [1.165, 1.54) is 0 Å². The number of hydrogen-bond acceptors (Lipinski definition) is 5. The van der Waals surface area contributed by atoms with Crippen molar-refractivity contribution in [2.75, 3.05) is 26.2 Å². The van der Waals surface area contributed by atoms with Crippen molar-refractivity contribution in [2.24, 2.45) is 9.98 Å². The summed E-state index contributed by atoms with van der Waals surface area (Å²) < 4.78 is 0. The van der Waals surface area contributed by atoms with Gasteiger partial charge in [0.2, 0.25) is 0 Å². The molecule has 0 atom stereocenters. The molecular weight excluding hydrogens is 278 g/mol. The summed E-state index contributed by atoms with van der Waals surface area (Å²) in [6.45, 7) is 7.23. The first-order chi connectivity index (χ1) is 10.7. The zero-order chi connectivity index (χ0) is 15.6. The van der Waals surface area contributed by atoms with Crippen LogP contribution in [-0.4, -0.2) is 58.5 Å². The Morgan fingerprint density at radius 1 is 0.955 bits per heavy atom. The molecule has 2 heterocycles. The second kappa shape index (κ2) is 8.89. The SMILES string of the molecule is Cc1ncc(C=NCCCNCCN=Cc2cnc(C)[nH]2)[nH]1. The summed E-state index contributed by atoms with van der Waals surface area (Å²) in [6, 6.07) is 0. The van der Waals surface area contributed by atoms with Gasteiger partial charge in [-0.1, -0.05) is 0 Å². The predicted molar refractivity (Wildman–Crippen MR) is 89.1 cm³/mol. The van der Waals surface area contributed by atoms with E-state index in [0.717, 1.165) is 55.6 Å². The molecule has 0 aliphatic heterocycles. The van der Waals surface area contributed by atoms with Gasteiger partial charge in [0.05, 0.1) is 30.3 Å². The lowest BCUT2D eigenvalue weighted by Gasteiger charge is -2.00. The van der Waals surface area contributed by atoms with Crippen LogP contribution in [0.2, 0.25) is 0 Å². The van der Waals surface area contributed by atoms with Crippen LogP contribution in [-0.2, 0) is 0 Å². The fraction of sp³-hybridized carbons (Fsp3) is 0.467. The first kappa shape index (κ1) is 16.1. The van der Waals surface area contributed by atoms with Crippen LogP contribution in [0.15, 0.2) is 22.4 Å². The summed E-state index contributed by atoms with van der Waals surface area (Å²) in [6.07, 6.45) is 8.23. The Hall–Kier alpha value is -2.28. The molecule has 7 nitrogen and oxygen atoms in total. The van der Waals surface area contributed by atoms with Gasteiger partial charge in [-0.3, -0.25) is 9.98 Å². The largest absolute Gasteiger partial charge is 0.341 e. The van der Waals surface area contributed by atoms with Gasteiger partial charge in [0.15, 0.2) is 0 Å². The summed E-state index contributed by atoms with van der Waals surface area (Å²) in [5.41, 5.74) is 1.90. The molecule has 2 rings (SSSR count). The number of aryl methyl sites for hydroxylation is 2. The summed E-state index contributed by atoms with van der Waals surface area (Å²) in [4.78, 5) is 23.1. The molecule has 0 saturated carbocycles. The molecular formula is C15H23N7. The Morgan fingerprint density at radius 2 is 1.55 bits per heavy atom. The fourth-order valence-corrected chi connectivity index (χ4v) is 1.90. The van der Waals surface area contributed by atoms with Gasteiger partial charge in [-0.05, 0) is 26.8 Å². The maximum atomic E-state index is 4.35. The summed E-state index contributed by atoms with van der Waals surface area (Å²) >= 11 is 0. The Bertz CT molecular complexity index is 555. The number of H-pyrrole nitrogens is 2. The van der Waals surface area contributed by atoms with Crippen LogP contribution in [0.25, 0.3) is 0 Å². The van der Waals surface area contributed by atoms with Crippen molar-refractivity contribution in [2.45, 2.75) is 20.3 Å². The smallest absolute Gasteiger partial charge is 0.103 e. The van der Waals surface area contributed by atoms with Crippen molar-refractivity contribution in [3.05, 3.63) is 35.4 Å². The molecule has 0 aliphatic rings. The lowest BCUT2D eigenvalue weighted by Crippen LogP contribution is -2.19. The van der Waals surface area contributed by atoms with Crippen molar-refractivity contribution in [1.82, 2.24) is 25.3 Å². The van der Waals surface area contributed by atoms with Gasteiger partial charge >= 0.3 is 0 Å². The van der Waals surface area contributed by atoms with E-state index in [9.17, 15) is 0 Å². The predicted octanol–water partition coefficient (Wildman–Crippen LogP) is 1.27. The van der Waals surface area contributed by atoms with E-state index in [2.05, 4.69) is 35.2 Å². The number of nitrogens with one attached hydrogen (secondary N) is 3. The number of aromatic amines is 2. The molecule has 0 amide bonds. The molecule has 118 valence electrons. The minimum Gasteiger partial charge on any atom is -0.341 e. The molecule has 0 aromatic carbocycles. The highest BCUT2D eigenvalue weighted by Gasteiger charge is 1.92. The monoisotopic (exact) mass is 301 g/mol. The van der Waals surface area contributed by atoms with E-state index < -0.39 is 0 Å². The topological polar surface area (TPSA) is 94.1 Å². The number of nitrogens with zero attached hydrogens (tertiary/aromatic N) is 4. The third-order valence-corrected chi connectivity index (χ3v) is 2.96. The van der Waals surface area contributed by atoms with Crippen molar-refractivity contribution in [3.63, 3.8) is 0 Å². The van der Waals surface area contributed by atoms with E-state index in [1.54, 1.807) is 12.4 Å². The van der Waals surface area contributed by atoms with Gasteiger partial charge in [0.1, 0.15) is 11.6 Å². The third kappa shape index (κ3) is 6.01. The van der Waals surface area contributed by atoms with Crippen LogP contribution >= 0.6 is 0 Å². The number of aliphatic imine (C=N–C) groups is 2. The highest BCUT2D eigenvalue weighted by molar-refractivity contribution is 5.76. The van der Waals surface area contributed by atoms with Gasteiger partial charge < -0.3 is 15.3 Å². The number of imidazole rings is 2. The molecule has 0 unspecified atom stereocenters. The molecule has 2 aromatic rings. The molecule has 0 aliphatic carbocycles. The van der Waals surface area contributed by atoms with E-state index >= 15 is 0 Å². The first-order valence-corrected chi connectivity index (χ1v) is 7.47. The van der Waals surface area contributed by atoms with Crippen LogP contribution in [0.5, 0.6) is 0 Å². The van der Waals surface area contributed by atoms with Crippen molar-refractivity contribution >= 4 is 12.4 Å². The third-order valence-electron chi connectivity index (χ3n) is 2.96. The molecule has 3 N–H and O–H groups in total. The van der Waals surface area contributed by atoms with Crippen LogP contribution in [0, 0.1) is 13.8 Å². The van der Waals surface area contributed by atoms with E-state index in [4.69, 9.17) is 0 Å². The second-order valence-corrected chi connectivity index (χ2v) is 5.02. The van der Waals surface area contributed by atoms with Crippen molar-refractivity contribution in [3.8, 4) is 0 Å².